The van der Waals surface area contributed by atoms with Crippen LogP contribution >= 0.6 is 23.5 Å². The van der Waals surface area contributed by atoms with E-state index in [4.69, 9.17) is 0 Å². The molecular weight excluding hydrogens is 282 g/mol. The minimum atomic E-state index is 0.321. The van der Waals surface area contributed by atoms with Crippen LogP contribution in [0.4, 0.5) is 0 Å². The number of benzene rings is 1. The molecule has 0 fully saturated rings. The average molecular weight is 312 g/mol. The van der Waals surface area contributed by atoms with Crippen molar-refractivity contribution in [3.8, 4) is 0 Å². The molecule has 1 aromatic carbocycles. The lowest BCUT2D eigenvalue weighted by molar-refractivity contribution is 0.368. The Bertz CT molecular complexity index is 358. The van der Waals surface area contributed by atoms with Gasteiger partial charge in [0.15, 0.2) is 0 Å². The molecule has 0 bridgehead atoms. The van der Waals surface area contributed by atoms with Gasteiger partial charge in [0.1, 0.15) is 0 Å². The Morgan fingerprint density at radius 2 is 1.25 bits per heavy atom. The Labute approximate surface area is 133 Å². The predicted molar refractivity (Wildman–Crippen MR) is 96.4 cm³/mol. The molecule has 0 aliphatic carbocycles. The molecule has 0 aromatic heterocycles. The first-order chi connectivity index (χ1) is 9.16. The van der Waals surface area contributed by atoms with Crippen LogP contribution in [0.15, 0.2) is 30.3 Å². The van der Waals surface area contributed by atoms with E-state index in [0.717, 1.165) is 18.3 Å². The summed E-state index contributed by atoms with van der Waals surface area (Å²) < 4.78 is 0.642. The van der Waals surface area contributed by atoms with Gasteiger partial charge < -0.3 is 0 Å². The standard InChI is InChI=1S/C17H29NS2/c1-16(2,3)19-13-18(14-20-17(4,5)6)12-15-10-8-7-9-11-15/h7-11H,12-14H2,1-6H3. The van der Waals surface area contributed by atoms with E-state index >= 15 is 0 Å². The zero-order valence-electron chi connectivity index (χ0n) is 13.8. The molecule has 0 amide bonds. The summed E-state index contributed by atoms with van der Waals surface area (Å²) in [6, 6.07) is 10.8. The Kier molecular flexibility index (Phi) is 6.96. The number of rotatable bonds is 6. The van der Waals surface area contributed by atoms with E-state index in [0.29, 0.717) is 9.49 Å². The van der Waals surface area contributed by atoms with Crippen LogP contribution in [0.5, 0.6) is 0 Å². The van der Waals surface area contributed by atoms with Crippen molar-refractivity contribution in [1.29, 1.82) is 0 Å². The van der Waals surface area contributed by atoms with E-state index in [1.807, 2.05) is 23.5 Å². The molecule has 0 spiro atoms. The van der Waals surface area contributed by atoms with Gasteiger partial charge in [-0.3, -0.25) is 4.90 Å². The molecule has 3 heteroatoms. The van der Waals surface area contributed by atoms with Crippen LogP contribution in [0.2, 0.25) is 0 Å². The van der Waals surface area contributed by atoms with Crippen molar-refractivity contribution in [2.24, 2.45) is 0 Å². The molecular formula is C17H29NS2. The molecule has 1 nitrogen and oxygen atoms in total. The molecule has 0 saturated heterocycles. The van der Waals surface area contributed by atoms with Crippen LogP contribution in [0.25, 0.3) is 0 Å². The maximum atomic E-state index is 2.54. The highest BCUT2D eigenvalue weighted by Gasteiger charge is 2.17. The fourth-order valence-corrected chi connectivity index (χ4v) is 3.16. The molecule has 0 aliphatic rings. The second kappa shape index (κ2) is 7.77. The Balaban J connectivity index is 2.59. The van der Waals surface area contributed by atoms with Gasteiger partial charge in [0.25, 0.3) is 0 Å². The SMILES string of the molecule is CC(C)(C)SCN(CSC(C)(C)C)Cc1ccccc1. The Hall–Kier alpha value is -0.120. The van der Waals surface area contributed by atoms with Crippen molar-refractivity contribution < 1.29 is 0 Å². The van der Waals surface area contributed by atoms with Gasteiger partial charge in [-0.2, -0.15) is 0 Å². The lowest BCUT2D eigenvalue weighted by atomic mass is 10.2. The largest absolute Gasteiger partial charge is 0.281 e. The monoisotopic (exact) mass is 311 g/mol. The molecule has 20 heavy (non-hydrogen) atoms. The molecule has 1 rings (SSSR count). The van der Waals surface area contributed by atoms with E-state index in [1.54, 1.807) is 0 Å². The van der Waals surface area contributed by atoms with Crippen LogP contribution in [-0.4, -0.2) is 26.1 Å². The zero-order valence-corrected chi connectivity index (χ0v) is 15.4. The summed E-state index contributed by atoms with van der Waals surface area (Å²) in [7, 11) is 0. The number of thioether (sulfide) groups is 2. The van der Waals surface area contributed by atoms with E-state index in [2.05, 4.69) is 76.8 Å². The van der Waals surface area contributed by atoms with E-state index in [1.165, 1.54) is 5.56 Å². The predicted octanol–water partition coefficient (Wildman–Crippen LogP) is 5.47. The lowest BCUT2D eigenvalue weighted by Crippen LogP contribution is -2.27. The number of hydrogen-bond acceptors (Lipinski definition) is 3. The molecule has 0 radical (unpaired) electrons. The molecule has 114 valence electrons. The smallest absolute Gasteiger partial charge is 0.0461 e. The van der Waals surface area contributed by atoms with Crippen molar-refractivity contribution >= 4 is 23.5 Å². The molecule has 0 N–H and O–H groups in total. The zero-order chi connectivity index (χ0) is 15.2. The highest BCUT2D eigenvalue weighted by molar-refractivity contribution is 8.01. The Morgan fingerprint density at radius 1 is 0.800 bits per heavy atom. The third kappa shape index (κ3) is 8.93. The molecule has 0 atom stereocenters. The molecule has 0 saturated carbocycles. The number of hydrogen-bond donors (Lipinski definition) is 0. The molecule has 1 aromatic rings. The maximum Gasteiger partial charge on any atom is 0.0461 e. The number of nitrogens with zero attached hydrogens (tertiary/aromatic N) is 1. The summed E-state index contributed by atoms with van der Waals surface area (Å²) in [5.74, 6) is 2.17. The molecule has 0 unspecified atom stereocenters. The first kappa shape index (κ1) is 17.9. The molecule has 0 aliphatic heterocycles. The van der Waals surface area contributed by atoms with Crippen molar-refractivity contribution in [3.63, 3.8) is 0 Å². The first-order valence-corrected chi connectivity index (χ1v) is 9.17. The van der Waals surface area contributed by atoms with Crippen LogP contribution in [0, 0.1) is 0 Å². The fourth-order valence-electron chi connectivity index (χ4n) is 1.54. The minimum Gasteiger partial charge on any atom is -0.281 e. The van der Waals surface area contributed by atoms with E-state index in [-0.39, 0.29) is 0 Å². The third-order valence-electron chi connectivity index (χ3n) is 2.61. The van der Waals surface area contributed by atoms with Gasteiger partial charge in [0.2, 0.25) is 0 Å². The average Bonchev–Trinajstić information content (AvgIpc) is 2.32. The van der Waals surface area contributed by atoms with Gasteiger partial charge in [-0.25, -0.2) is 0 Å². The van der Waals surface area contributed by atoms with Gasteiger partial charge in [0.05, 0.1) is 0 Å². The van der Waals surface area contributed by atoms with Crippen molar-refractivity contribution in [2.45, 2.75) is 57.6 Å². The van der Waals surface area contributed by atoms with E-state index < -0.39 is 0 Å². The maximum absolute atomic E-state index is 2.54. The first-order valence-electron chi connectivity index (χ1n) is 7.20. The minimum absolute atomic E-state index is 0.321. The highest BCUT2D eigenvalue weighted by Crippen LogP contribution is 2.28. The van der Waals surface area contributed by atoms with Crippen molar-refractivity contribution in [1.82, 2.24) is 4.90 Å². The lowest BCUT2D eigenvalue weighted by Gasteiger charge is -2.29. The van der Waals surface area contributed by atoms with Crippen LogP contribution < -0.4 is 0 Å². The molecule has 0 heterocycles. The van der Waals surface area contributed by atoms with Crippen LogP contribution in [0.3, 0.4) is 0 Å². The van der Waals surface area contributed by atoms with Crippen molar-refractivity contribution in [3.05, 3.63) is 35.9 Å². The van der Waals surface area contributed by atoms with Crippen molar-refractivity contribution in [2.75, 3.05) is 11.8 Å². The summed E-state index contributed by atoms with van der Waals surface area (Å²) in [5, 5.41) is 0. The Morgan fingerprint density at radius 3 is 1.65 bits per heavy atom. The quantitative estimate of drug-likeness (QED) is 0.642. The second-order valence-corrected chi connectivity index (χ2v) is 10.6. The second-order valence-electron chi connectivity index (χ2n) is 7.09. The third-order valence-corrected chi connectivity index (χ3v) is 5.33. The van der Waals surface area contributed by atoms with E-state index in [9.17, 15) is 0 Å². The summed E-state index contributed by atoms with van der Waals surface area (Å²) >= 11 is 4.05. The van der Waals surface area contributed by atoms with Gasteiger partial charge >= 0.3 is 0 Å². The van der Waals surface area contributed by atoms with Crippen LogP contribution in [-0.2, 0) is 6.54 Å². The normalized spacial score (nSPS) is 12.9. The van der Waals surface area contributed by atoms with Gasteiger partial charge in [-0.15, -0.1) is 23.5 Å². The highest BCUT2D eigenvalue weighted by atomic mass is 32.2. The summed E-state index contributed by atoms with van der Waals surface area (Å²) in [6.07, 6.45) is 0. The van der Waals surface area contributed by atoms with Gasteiger partial charge in [-0.05, 0) is 5.56 Å². The van der Waals surface area contributed by atoms with Gasteiger partial charge in [0, 0.05) is 27.8 Å². The summed E-state index contributed by atoms with van der Waals surface area (Å²) in [6.45, 7) is 14.8. The topological polar surface area (TPSA) is 3.24 Å². The summed E-state index contributed by atoms with van der Waals surface area (Å²) in [4.78, 5) is 2.54. The van der Waals surface area contributed by atoms with Crippen LogP contribution in [0.1, 0.15) is 47.1 Å². The summed E-state index contributed by atoms with van der Waals surface area (Å²) in [5.41, 5.74) is 1.40. The fraction of sp³-hybridized carbons (Fsp3) is 0.647. The van der Waals surface area contributed by atoms with Gasteiger partial charge in [-0.1, -0.05) is 71.9 Å².